The molecule has 1 aliphatic rings. The van der Waals surface area contributed by atoms with Crippen molar-refractivity contribution in [3.05, 3.63) is 50.3 Å². The molecule has 0 atom stereocenters. The maximum atomic E-state index is 13.0. The van der Waals surface area contributed by atoms with Gasteiger partial charge in [0.05, 0.1) is 31.2 Å². The number of carbonyl (C=O) groups is 2. The fourth-order valence-electron chi connectivity index (χ4n) is 3.88. The topological polar surface area (TPSA) is 118 Å². The van der Waals surface area contributed by atoms with Crippen LogP contribution in [0.5, 0.6) is 11.5 Å². The minimum atomic E-state index is -0.747. The molecule has 10 heteroatoms. The number of benzene rings is 1. The van der Waals surface area contributed by atoms with E-state index in [-0.39, 0.29) is 35.4 Å². The molecule has 1 aromatic carbocycles. The summed E-state index contributed by atoms with van der Waals surface area (Å²) in [5.74, 6) is -0.387. The summed E-state index contributed by atoms with van der Waals surface area (Å²) in [6, 6.07) is 4.18. The van der Waals surface area contributed by atoms with Crippen LogP contribution in [0.1, 0.15) is 48.2 Å². The molecule has 178 valence electrons. The average molecular weight is 459 g/mol. The highest BCUT2D eigenvalue weighted by Gasteiger charge is 2.25. The van der Waals surface area contributed by atoms with Gasteiger partial charge in [-0.15, -0.1) is 0 Å². The van der Waals surface area contributed by atoms with Gasteiger partial charge in [0.25, 0.3) is 5.56 Å². The highest BCUT2D eigenvalue weighted by molar-refractivity contribution is 6.02. The minimum Gasteiger partial charge on any atom is -0.493 e. The number of rotatable bonds is 7. The second kappa shape index (κ2) is 10.4. The molecular formula is C23H29N3O7. The third kappa shape index (κ3) is 5.27. The second-order valence-corrected chi connectivity index (χ2v) is 8.03. The SMILES string of the molecule is COc1cc(NC(=O)C2CCCCC2)c(C(=O)OCc2cc(=O)n(C)c(=O)n2C)cc1OC. The summed E-state index contributed by atoms with van der Waals surface area (Å²) < 4.78 is 18.2. The van der Waals surface area contributed by atoms with Gasteiger partial charge in [-0.25, -0.2) is 9.59 Å². The molecule has 1 saturated carbocycles. The van der Waals surface area contributed by atoms with Gasteiger partial charge >= 0.3 is 11.7 Å². The fraction of sp³-hybridized carbons (Fsp3) is 0.478. The van der Waals surface area contributed by atoms with E-state index in [4.69, 9.17) is 14.2 Å². The molecule has 0 radical (unpaired) electrons. The Bertz CT molecular complexity index is 1160. The van der Waals surface area contributed by atoms with Gasteiger partial charge in [-0.2, -0.15) is 0 Å². The number of nitrogens with one attached hydrogen (secondary N) is 1. The molecule has 0 aliphatic heterocycles. The van der Waals surface area contributed by atoms with Gasteiger partial charge < -0.3 is 19.5 Å². The minimum absolute atomic E-state index is 0.0747. The van der Waals surface area contributed by atoms with Crippen LogP contribution in [-0.2, 0) is 30.2 Å². The zero-order chi connectivity index (χ0) is 24.1. The summed E-state index contributed by atoms with van der Waals surface area (Å²) in [5.41, 5.74) is -0.475. The number of hydrogen-bond donors (Lipinski definition) is 1. The molecule has 3 rings (SSSR count). The van der Waals surface area contributed by atoms with Gasteiger partial charge in [0.15, 0.2) is 11.5 Å². The summed E-state index contributed by atoms with van der Waals surface area (Å²) >= 11 is 0. The molecule has 10 nitrogen and oxygen atoms in total. The first kappa shape index (κ1) is 24.1. The van der Waals surface area contributed by atoms with Crippen LogP contribution in [0, 0.1) is 5.92 Å². The standard InChI is InChI=1S/C23H29N3O7/c1-25-15(10-20(27)26(2)23(25)30)13-33-22(29)16-11-18(31-3)19(32-4)12-17(16)24-21(28)14-8-6-5-7-9-14/h10-12,14H,5-9,13H2,1-4H3,(H,24,28). The van der Waals surface area contributed by atoms with E-state index in [2.05, 4.69) is 5.32 Å². The highest BCUT2D eigenvalue weighted by atomic mass is 16.5. The summed E-state index contributed by atoms with van der Waals surface area (Å²) in [6.45, 7) is -0.301. The zero-order valence-corrected chi connectivity index (χ0v) is 19.3. The Labute approximate surface area is 191 Å². The molecule has 1 heterocycles. The third-order valence-electron chi connectivity index (χ3n) is 5.95. The Hall–Kier alpha value is -3.56. The van der Waals surface area contributed by atoms with Gasteiger partial charge in [-0.3, -0.25) is 18.7 Å². The molecule has 1 fully saturated rings. The van der Waals surface area contributed by atoms with Crippen LogP contribution in [0.2, 0.25) is 0 Å². The van der Waals surface area contributed by atoms with Crippen molar-refractivity contribution in [3.8, 4) is 11.5 Å². The van der Waals surface area contributed by atoms with E-state index in [1.165, 1.54) is 51.1 Å². The van der Waals surface area contributed by atoms with E-state index in [0.29, 0.717) is 11.5 Å². The van der Waals surface area contributed by atoms with E-state index in [9.17, 15) is 19.2 Å². The molecule has 2 aromatic rings. The Morgan fingerprint density at radius 2 is 1.61 bits per heavy atom. The number of aromatic nitrogens is 2. The Balaban J connectivity index is 1.88. The maximum Gasteiger partial charge on any atom is 0.340 e. The molecule has 1 aromatic heterocycles. The zero-order valence-electron chi connectivity index (χ0n) is 19.3. The van der Waals surface area contributed by atoms with Crippen LogP contribution >= 0.6 is 0 Å². The van der Waals surface area contributed by atoms with E-state index in [1.807, 2.05) is 0 Å². The predicted octanol–water partition coefficient (Wildman–Crippen LogP) is 1.98. The average Bonchev–Trinajstić information content (AvgIpc) is 2.84. The lowest BCUT2D eigenvalue weighted by Gasteiger charge is -2.22. The van der Waals surface area contributed by atoms with Crippen LogP contribution in [0.3, 0.4) is 0 Å². The molecule has 0 saturated heterocycles. The highest BCUT2D eigenvalue weighted by Crippen LogP contribution is 2.35. The van der Waals surface area contributed by atoms with Gasteiger partial charge in [0.2, 0.25) is 5.91 Å². The number of amides is 1. The van der Waals surface area contributed by atoms with Crippen molar-refractivity contribution in [2.45, 2.75) is 38.7 Å². The Kier molecular flexibility index (Phi) is 7.57. The van der Waals surface area contributed by atoms with Crippen LogP contribution in [0.25, 0.3) is 0 Å². The van der Waals surface area contributed by atoms with Crippen molar-refractivity contribution < 1.29 is 23.8 Å². The van der Waals surface area contributed by atoms with Gasteiger partial charge in [-0.1, -0.05) is 19.3 Å². The number of methoxy groups -OCH3 is 2. The molecule has 1 N–H and O–H groups in total. The van der Waals surface area contributed by atoms with E-state index >= 15 is 0 Å². The van der Waals surface area contributed by atoms with Crippen molar-refractivity contribution >= 4 is 17.6 Å². The molecule has 1 amide bonds. The predicted molar refractivity (Wildman–Crippen MR) is 121 cm³/mol. The summed E-state index contributed by atoms with van der Waals surface area (Å²) in [4.78, 5) is 49.8. The van der Waals surface area contributed by atoms with Crippen molar-refractivity contribution in [1.82, 2.24) is 9.13 Å². The lowest BCUT2D eigenvalue weighted by Crippen LogP contribution is -2.38. The molecule has 0 unspecified atom stereocenters. The smallest absolute Gasteiger partial charge is 0.340 e. The van der Waals surface area contributed by atoms with Gasteiger partial charge in [0.1, 0.15) is 6.61 Å². The van der Waals surface area contributed by atoms with Gasteiger partial charge in [0, 0.05) is 38.2 Å². The summed E-state index contributed by atoms with van der Waals surface area (Å²) in [5, 5.41) is 2.84. The lowest BCUT2D eigenvalue weighted by molar-refractivity contribution is -0.120. The third-order valence-corrected chi connectivity index (χ3v) is 5.95. The lowest BCUT2D eigenvalue weighted by atomic mass is 9.88. The Morgan fingerprint density at radius 3 is 2.24 bits per heavy atom. The number of esters is 1. The fourth-order valence-corrected chi connectivity index (χ4v) is 3.88. The first-order valence-electron chi connectivity index (χ1n) is 10.8. The molecular weight excluding hydrogens is 430 g/mol. The normalized spacial score (nSPS) is 13.9. The number of hydrogen-bond acceptors (Lipinski definition) is 7. The van der Waals surface area contributed by atoms with Crippen molar-refractivity contribution in [1.29, 1.82) is 0 Å². The van der Waals surface area contributed by atoms with Crippen LogP contribution in [-0.4, -0.2) is 35.2 Å². The number of ether oxygens (including phenoxy) is 3. The quantitative estimate of drug-likeness (QED) is 0.629. The molecule has 0 bridgehead atoms. The van der Waals surface area contributed by atoms with Crippen LogP contribution in [0.15, 0.2) is 27.8 Å². The number of nitrogens with zero attached hydrogens (tertiary/aromatic N) is 2. The maximum absolute atomic E-state index is 13.0. The number of anilines is 1. The summed E-state index contributed by atoms with van der Waals surface area (Å²) in [7, 11) is 5.74. The van der Waals surface area contributed by atoms with Crippen molar-refractivity contribution in [2.24, 2.45) is 20.0 Å². The largest absolute Gasteiger partial charge is 0.493 e. The van der Waals surface area contributed by atoms with E-state index < -0.39 is 17.2 Å². The molecule has 1 aliphatic carbocycles. The Morgan fingerprint density at radius 1 is 0.970 bits per heavy atom. The van der Waals surface area contributed by atoms with E-state index in [0.717, 1.165) is 36.7 Å². The first-order valence-corrected chi connectivity index (χ1v) is 10.8. The monoisotopic (exact) mass is 459 g/mol. The van der Waals surface area contributed by atoms with Crippen molar-refractivity contribution in [3.63, 3.8) is 0 Å². The molecule has 0 spiro atoms. The van der Waals surface area contributed by atoms with Gasteiger partial charge in [-0.05, 0) is 12.8 Å². The summed E-state index contributed by atoms with van der Waals surface area (Å²) in [6.07, 6.45) is 4.71. The van der Waals surface area contributed by atoms with Crippen LogP contribution in [0.4, 0.5) is 5.69 Å². The van der Waals surface area contributed by atoms with Crippen molar-refractivity contribution in [2.75, 3.05) is 19.5 Å². The first-order chi connectivity index (χ1) is 15.8. The molecule has 33 heavy (non-hydrogen) atoms. The van der Waals surface area contributed by atoms with E-state index in [1.54, 1.807) is 0 Å². The second-order valence-electron chi connectivity index (χ2n) is 8.03. The number of carbonyl (C=O) groups excluding carboxylic acids is 2. The van der Waals surface area contributed by atoms with Crippen LogP contribution < -0.4 is 26.0 Å².